The first-order valence-electron chi connectivity index (χ1n) is 7.24. The van der Waals surface area contributed by atoms with E-state index in [1.54, 1.807) is 0 Å². The van der Waals surface area contributed by atoms with Gasteiger partial charge in [0.2, 0.25) is 0 Å². The monoisotopic (exact) mass is 284 g/mol. The summed E-state index contributed by atoms with van der Waals surface area (Å²) in [5.74, 6) is 1.10. The van der Waals surface area contributed by atoms with E-state index < -0.39 is 0 Å². The molecule has 0 aliphatic heterocycles. The Morgan fingerprint density at radius 3 is 2.85 bits per heavy atom. The summed E-state index contributed by atoms with van der Waals surface area (Å²) in [7, 11) is 0. The van der Waals surface area contributed by atoms with Gasteiger partial charge in [0, 0.05) is 35.6 Å². The first-order chi connectivity index (χ1) is 9.90. The van der Waals surface area contributed by atoms with E-state index in [4.69, 9.17) is 0 Å². The molecule has 1 aliphatic rings. The molecule has 3 rings (SSSR count). The average molecular weight is 284 g/mol. The van der Waals surface area contributed by atoms with Gasteiger partial charge in [-0.3, -0.25) is 4.98 Å². The maximum absolute atomic E-state index is 4.15. The summed E-state index contributed by atoms with van der Waals surface area (Å²) in [5.41, 5.74) is 2.70. The molecule has 0 amide bonds. The quantitative estimate of drug-likeness (QED) is 0.785. The van der Waals surface area contributed by atoms with Crippen molar-refractivity contribution in [2.75, 3.05) is 5.75 Å². The highest BCUT2D eigenvalue weighted by Crippen LogP contribution is 2.22. The molecule has 0 atom stereocenters. The predicted molar refractivity (Wildman–Crippen MR) is 85.0 cm³/mol. The third kappa shape index (κ3) is 4.36. The number of pyridine rings is 1. The van der Waals surface area contributed by atoms with Crippen LogP contribution >= 0.6 is 11.8 Å². The molecule has 0 unspecified atom stereocenters. The van der Waals surface area contributed by atoms with Gasteiger partial charge in [-0.25, -0.2) is 0 Å². The lowest BCUT2D eigenvalue weighted by Gasteiger charge is -2.06. The molecule has 1 fully saturated rings. The Hall–Kier alpha value is -1.32. The molecular formula is C17H20N2S. The number of benzene rings is 1. The van der Waals surface area contributed by atoms with Gasteiger partial charge in [0.05, 0.1) is 0 Å². The molecule has 104 valence electrons. The van der Waals surface area contributed by atoms with Crippen molar-refractivity contribution in [3.05, 3.63) is 59.9 Å². The molecule has 0 spiro atoms. The number of thioether (sulfide) groups is 1. The zero-order valence-corrected chi connectivity index (χ0v) is 12.4. The molecule has 1 heterocycles. The predicted octanol–water partition coefficient (Wildman–Crippen LogP) is 3.67. The minimum atomic E-state index is 0.775. The van der Waals surface area contributed by atoms with Crippen LogP contribution in [-0.4, -0.2) is 16.8 Å². The largest absolute Gasteiger partial charge is 0.310 e. The molecular weight excluding hydrogens is 264 g/mol. The Kier molecular flexibility index (Phi) is 4.72. The molecule has 2 nitrogen and oxygen atoms in total. The highest BCUT2D eigenvalue weighted by atomic mass is 32.2. The van der Waals surface area contributed by atoms with Crippen LogP contribution in [0.5, 0.6) is 0 Å². The van der Waals surface area contributed by atoms with Crippen LogP contribution in [0.4, 0.5) is 0 Å². The van der Waals surface area contributed by atoms with Crippen molar-refractivity contribution in [2.45, 2.75) is 36.7 Å². The molecule has 3 heteroatoms. The molecule has 20 heavy (non-hydrogen) atoms. The van der Waals surface area contributed by atoms with E-state index in [2.05, 4.69) is 40.6 Å². The Morgan fingerprint density at radius 1 is 1.15 bits per heavy atom. The van der Waals surface area contributed by atoms with E-state index in [0.717, 1.165) is 24.8 Å². The van der Waals surface area contributed by atoms with Crippen LogP contribution in [0.25, 0.3) is 0 Å². The fourth-order valence-electron chi connectivity index (χ4n) is 2.13. The topological polar surface area (TPSA) is 24.9 Å². The van der Waals surface area contributed by atoms with Crippen LogP contribution < -0.4 is 5.32 Å². The van der Waals surface area contributed by atoms with E-state index in [1.165, 1.54) is 28.9 Å². The average Bonchev–Trinajstić information content (AvgIpc) is 3.31. The van der Waals surface area contributed by atoms with Gasteiger partial charge in [-0.05, 0) is 48.6 Å². The van der Waals surface area contributed by atoms with Crippen LogP contribution in [0.15, 0.2) is 53.7 Å². The normalized spacial score (nSPS) is 14.4. The van der Waals surface area contributed by atoms with Gasteiger partial charge in [0.1, 0.15) is 0 Å². The molecule has 0 saturated heterocycles. The van der Waals surface area contributed by atoms with Crippen LogP contribution in [0.2, 0.25) is 0 Å². The molecule has 2 aromatic rings. The summed E-state index contributed by atoms with van der Waals surface area (Å²) >= 11 is 1.92. The second-order valence-electron chi connectivity index (χ2n) is 5.26. The van der Waals surface area contributed by atoms with Crippen LogP contribution in [0.3, 0.4) is 0 Å². The summed E-state index contributed by atoms with van der Waals surface area (Å²) in [6.45, 7) is 1.00. The summed E-state index contributed by atoms with van der Waals surface area (Å²) in [6, 6.07) is 13.8. The van der Waals surface area contributed by atoms with Crippen molar-refractivity contribution in [1.29, 1.82) is 0 Å². The highest BCUT2D eigenvalue weighted by molar-refractivity contribution is 7.99. The summed E-state index contributed by atoms with van der Waals surface area (Å²) in [6.07, 6.45) is 7.55. The van der Waals surface area contributed by atoms with Gasteiger partial charge in [-0.2, -0.15) is 0 Å². The van der Waals surface area contributed by atoms with Crippen LogP contribution in [-0.2, 0) is 13.0 Å². The van der Waals surface area contributed by atoms with E-state index >= 15 is 0 Å². The second kappa shape index (κ2) is 6.91. The maximum atomic E-state index is 4.15. The molecule has 0 bridgehead atoms. The van der Waals surface area contributed by atoms with E-state index in [0.29, 0.717) is 0 Å². The second-order valence-corrected chi connectivity index (χ2v) is 6.43. The van der Waals surface area contributed by atoms with Gasteiger partial charge in [-0.15, -0.1) is 11.8 Å². The van der Waals surface area contributed by atoms with Crippen molar-refractivity contribution >= 4 is 11.8 Å². The lowest BCUT2D eigenvalue weighted by molar-refractivity contribution is 0.687. The van der Waals surface area contributed by atoms with Crippen molar-refractivity contribution in [1.82, 2.24) is 10.3 Å². The summed E-state index contributed by atoms with van der Waals surface area (Å²) in [5, 5.41) is 3.56. The van der Waals surface area contributed by atoms with Gasteiger partial charge in [-0.1, -0.05) is 18.2 Å². The van der Waals surface area contributed by atoms with Crippen LogP contribution in [0, 0.1) is 0 Å². The Bertz CT molecular complexity index is 538. The highest BCUT2D eigenvalue weighted by Gasteiger charge is 2.19. The fraction of sp³-hybridized carbons (Fsp3) is 0.353. The molecule has 1 saturated carbocycles. The number of aryl methyl sites for hydroxylation is 1. The van der Waals surface area contributed by atoms with Crippen molar-refractivity contribution in [2.24, 2.45) is 0 Å². The molecule has 1 aromatic heterocycles. The lowest BCUT2D eigenvalue weighted by atomic mass is 10.2. The SMILES string of the molecule is c1cncc(CCSc2cccc(CNC3CC3)c2)c1. The zero-order chi connectivity index (χ0) is 13.6. The Morgan fingerprint density at radius 2 is 2.05 bits per heavy atom. The first kappa shape index (κ1) is 13.7. The number of nitrogens with one attached hydrogen (secondary N) is 1. The third-order valence-electron chi connectivity index (χ3n) is 3.45. The van der Waals surface area contributed by atoms with E-state index in [1.807, 2.05) is 30.2 Å². The summed E-state index contributed by atoms with van der Waals surface area (Å²) in [4.78, 5) is 5.52. The number of nitrogens with zero attached hydrogens (tertiary/aromatic N) is 1. The van der Waals surface area contributed by atoms with E-state index in [-0.39, 0.29) is 0 Å². The molecule has 1 aromatic carbocycles. The summed E-state index contributed by atoms with van der Waals surface area (Å²) < 4.78 is 0. The fourth-order valence-corrected chi connectivity index (χ4v) is 3.11. The number of rotatable bonds is 7. The Labute approximate surface area is 125 Å². The van der Waals surface area contributed by atoms with Crippen molar-refractivity contribution in [3.8, 4) is 0 Å². The van der Waals surface area contributed by atoms with Gasteiger partial charge in [0.25, 0.3) is 0 Å². The maximum Gasteiger partial charge on any atom is 0.0300 e. The molecule has 1 N–H and O–H groups in total. The number of aromatic nitrogens is 1. The van der Waals surface area contributed by atoms with E-state index in [9.17, 15) is 0 Å². The number of hydrogen-bond acceptors (Lipinski definition) is 3. The zero-order valence-electron chi connectivity index (χ0n) is 11.6. The third-order valence-corrected chi connectivity index (χ3v) is 4.45. The Balaban J connectivity index is 1.47. The lowest BCUT2D eigenvalue weighted by Crippen LogP contribution is -2.15. The van der Waals surface area contributed by atoms with Gasteiger partial charge in [0.15, 0.2) is 0 Å². The minimum Gasteiger partial charge on any atom is -0.310 e. The van der Waals surface area contributed by atoms with Crippen molar-refractivity contribution < 1.29 is 0 Å². The molecule has 1 aliphatic carbocycles. The van der Waals surface area contributed by atoms with Crippen molar-refractivity contribution in [3.63, 3.8) is 0 Å². The number of hydrogen-bond donors (Lipinski definition) is 1. The van der Waals surface area contributed by atoms with Gasteiger partial charge >= 0.3 is 0 Å². The smallest absolute Gasteiger partial charge is 0.0300 e. The van der Waals surface area contributed by atoms with Crippen LogP contribution in [0.1, 0.15) is 24.0 Å². The first-order valence-corrected chi connectivity index (χ1v) is 8.23. The standard InChI is InChI=1S/C17H20N2S/c1-3-15(13-19-16-6-7-16)11-17(5-1)20-10-8-14-4-2-9-18-12-14/h1-5,9,11-12,16,19H,6-8,10,13H2. The van der Waals surface area contributed by atoms with Gasteiger partial charge < -0.3 is 5.32 Å². The molecule has 0 radical (unpaired) electrons. The minimum absolute atomic E-state index is 0.775.